The fraction of sp³-hybridized carbons (Fsp3) is 0.417. The summed E-state index contributed by atoms with van der Waals surface area (Å²) in [6, 6.07) is 6.68. The third-order valence-electron chi connectivity index (χ3n) is 2.69. The zero-order valence-electron chi connectivity index (χ0n) is 8.48. The molecular weight excluding hydrogens is 192 g/mol. The number of carboxylic acid groups (broad SMARTS) is 1. The van der Waals surface area contributed by atoms with Crippen LogP contribution in [0.2, 0.25) is 0 Å². The van der Waals surface area contributed by atoms with E-state index in [0.29, 0.717) is 5.75 Å². The van der Waals surface area contributed by atoms with Crippen molar-refractivity contribution in [3.8, 4) is 5.75 Å². The van der Waals surface area contributed by atoms with E-state index < -0.39 is 5.97 Å². The van der Waals surface area contributed by atoms with E-state index in [0.717, 1.165) is 12.8 Å². The predicted octanol–water partition coefficient (Wildman–Crippen LogP) is 2.71. The number of carboxylic acids is 1. The number of carbonyl (C=O) groups is 1. The first kappa shape index (κ1) is 10.0. The third kappa shape index (κ3) is 2.49. The van der Waals surface area contributed by atoms with Gasteiger partial charge in [0.2, 0.25) is 0 Å². The standard InChI is InChI=1S/C12H14O3/c13-12(14)9-4-3-7-11(8-9)15-10-5-1-2-6-10/h3-4,7-8,10H,1-2,5-6H2,(H,13,14). The van der Waals surface area contributed by atoms with Crippen LogP contribution in [0.4, 0.5) is 0 Å². The maximum Gasteiger partial charge on any atom is 0.335 e. The van der Waals surface area contributed by atoms with Crippen LogP contribution in [0.5, 0.6) is 5.75 Å². The highest BCUT2D eigenvalue weighted by molar-refractivity contribution is 5.87. The SMILES string of the molecule is O=C(O)c1cccc(OC2CCCC2)c1. The molecule has 3 heteroatoms. The molecule has 0 atom stereocenters. The summed E-state index contributed by atoms with van der Waals surface area (Å²) in [7, 11) is 0. The van der Waals surface area contributed by atoms with Crippen LogP contribution in [0.1, 0.15) is 36.0 Å². The highest BCUT2D eigenvalue weighted by atomic mass is 16.5. The molecule has 15 heavy (non-hydrogen) atoms. The van der Waals surface area contributed by atoms with Crippen molar-refractivity contribution < 1.29 is 14.6 Å². The topological polar surface area (TPSA) is 46.5 Å². The molecule has 0 aromatic heterocycles. The molecule has 1 N–H and O–H groups in total. The van der Waals surface area contributed by atoms with Gasteiger partial charge in [0.05, 0.1) is 11.7 Å². The number of ether oxygens (including phenoxy) is 1. The Balaban J connectivity index is 2.07. The average Bonchev–Trinajstić information content (AvgIpc) is 2.71. The second-order valence-electron chi connectivity index (χ2n) is 3.86. The highest BCUT2D eigenvalue weighted by Crippen LogP contribution is 2.24. The summed E-state index contributed by atoms with van der Waals surface area (Å²) in [5, 5.41) is 8.81. The van der Waals surface area contributed by atoms with E-state index in [1.165, 1.54) is 12.8 Å². The molecule has 0 unspecified atom stereocenters. The molecule has 0 bridgehead atoms. The number of hydrogen-bond acceptors (Lipinski definition) is 2. The van der Waals surface area contributed by atoms with Crippen molar-refractivity contribution in [1.29, 1.82) is 0 Å². The zero-order chi connectivity index (χ0) is 10.7. The predicted molar refractivity (Wildman–Crippen MR) is 56.3 cm³/mol. The number of hydrogen-bond donors (Lipinski definition) is 1. The van der Waals surface area contributed by atoms with E-state index in [-0.39, 0.29) is 11.7 Å². The lowest BCUT2D eigenvalue weighted by atomic mass is 10.2. The van der Waals surface area contributed by atoms with Gasteiger partial charge in [-0.2, -0.15) is 0 Å². The Hall–Kier alpha value is -1.51. The molecule has 0 saturated heterocycles. The monoisotopic (exact) mass is 206 g/mol. The first-order valence-corrected chi connectivity index (χ1v) is 5.26. The van der Waals surface area contributed by atoms with E-state index in [4.69, 9.17) is 9.84 Å². The average molecular weight is 206 g/mol. The summed E-state index contributed by atoms with van der Waals surface area (Å²) in [5.41, 5.74) is 0.283. The van der Waals surface area contributed by atoms with E-state index >= 15 is 0 Å². The van der Waals surface area contributed by atoms with Crippen LogP contribution in [0.25, 0.3) is 0 Å². The van der Waals surface area contributed by atoms with Crippen LogP contribution < -0.4 is 4.74 Å². The minimum atomic E-state index is -0.910. The molecule has 1 fully saturated rings. The van der Waals surface area contributed by atoms with Gasteiger partial charge in [0.1, 0.15) is 5.75 Å². The molecule has 1 aromatic rings. The van der Waals surface area contributed by atoms with Gasteiger partial charge in [0, 0.05) is 0 Å². The maximum atomic E-state index is 10.7. The van der Waals surface area contributed by atoms with Gasteiger partial charge in [-0.3, -0.25) is 0 Å². The van der Waals surface area contributed by atoms with Crippen molar-refractivity contribution in [1.82, 2.24) is 0 Å². The Morgan fingerprint density at radius 2 is 2.07 bits per heavy atom. The van der Waals surface area contributed by atoms with Gasteiger partial charge < -0.3 is 9.84 Å². The molecule has 1 aromatic carbocycles. The summed E-state index contributed by atoms with van der Waals surface area (Å²) in [6.45, 7) is 0. The van der Waals surface area contributed by atoms with Crippen LogP contribution >= 0.6 is 0 Å². The molecule has 0 aliphatic heterocycles. The molecule has 1 aliphatic rings. The molecule has 2 rings (SSSR count). The van der Waals surface area contributed by atoms with Crippen LogP contribution in [-0.2, 0) is 0 Å². The lowest BCUT2D eigenvalue weighted by Gasteiger charge is -2.12. The molecular formula is C12H14O3. The lowest BCUT2D eigenvalue weighted by molar-refractivity contribution is 0.0696. The zero-order valence-corrected chi connectivity index (χ0v) is 8.48. The third-order valence-corrected chi connectivity index (χ3v) is 2.69. The van der Waals surface area contributed by atoms with Crippen LogP contribution in [0, 0.1) is 0 Å². The summed E-state index contributed by atoms with van der Waals surface area (Å²) in [6.07, 6.45) is 4.86. The van der Waals surface area contributed by atoms with E-state index in [2.05, 4.69) is 0 Å². The summed E-state index contributed by atoms with van der Waals surface area (Å²) < 4.78 is 5.70. The highest BCUT2D eigenvalue weighted by Gasteiger charge is 2.16. The smallest absolute Gasteiger partial charge is 0.335 e. The minimum absolute atomic E-state index is 0.272. The lowest BCUT2D eigenvalue weighted by Crippen LogP contribution is -2.11. The number of benzene rings is 1. The van der Waals surface area contributed by atoms with Crippen molar-refractivity contribution in [2.24, 2.45) is 0 Å². The second kappa shape index (κ2) is 4.34. The van der Waals surface area contributed by atoms with Crippen molar-refractivity contribution >= 4 is 5.97 Å². The van der Waals surface area contributed by atoms with E-state index in [9.17, 15) is 4.79 Å². The van der Waals surface area contributed by atoms with Gasteiger partial charge >= 0.3 is 5.97 Å². The van der Waals surface area contributed by atoms with Crippen molar-refractivity contribution in [3.63, 3.8) is 0 Å². The Morgan fingerprint density at radius 3 is 2.73 bits per heavy atom. The van der Waals surface area contributed by atoms with E-state index in [1.54, 1.807) is 18.2 Å². The van der Waals surface area contributed by atoms with Gasteiger partial charge in [0.25, 0.3) is 0 Å². The molecule has 0 spiro atoms. The second-order valence-corrected chi connectivity index (χ2v) is 3.86. The molecule has 0 heterocycles. The maximum absolute atomic E-state index is 10.7. The van der Waals surface area contributed by atoms with Crippen molar-refractivity contribution in [2.45, 2.75) is 31.8 Å². The molecule has 1 saturated carbocycles. The van der Waals surface area contributed by atoms with Crippen LogP contribution in [0.3, 0.4) is 0 Å². The number of rotatable bonds is 3. The first-order valence-electron chi connectivity index (χ1n) is 5.26. The molecule has 0 radical (unpaired) electrons. The molecule has 3 nitrogen and oxygen atoms in total. The molecule has 1 aliphatic carbocycles. The van der Waals surface area contributed by atoms with Gasteiger partial charge in [-0.25, -0.2) is 4.79 Å². The fourth-order valence-electron chi connectivity index (χ4n) is 1.90. The summed E-state index contributed by atoms with van der Waals surface area (Å²) >= 11 is 0. The fourth-order valence-corrected chi connectivity index (χ4v) is 1.90. The summed E-state index contributed by atoms with van der Waals surface area (Å²) in [5.74, 6) is -0.242. The Kier molecular flexibility index (Phi) is 2.90. The minimum Gasteiger partial charge on any atom is -0.490 e. The van der Waals surface area contributed by atoms with Crippen molar-refractivity contribution in [3.05, 3.63) is 29.8 Å². The van der Waals surface area contributed by atoms with Gasteiger partial charge in [0.15, 0.2) is 0 Å². The Morgan fingerprint density at radius 1 is 1.33 bits per heavy atom. The molecule has 0 amide bonds. The van der Waals surface area contributed by atoms with Crippen LogP contribution in [0.15, 0.2) is 24.3 Å². The normalized spacial score (nSPS) is 16.5. The van der Waals surface area contributed by atoms with Gasteiger partial charge in [-0.1, -0.05) is 6.07 Å². The largest absolute Gasteiger partial charge is 0.490 e. The quantitative estimate of drug-likeness (QED) is 0.827. The van der Waals surface area contributed by atoms with Gasteiger partial charge in [-0.05, 0) is 43.9 Å². The van der Waals surface area contributed by atoms with Crippen LogP contribution in [-0.4, -0.2) is 17.2 Å². The van der Waals surface area contributed by atoms with Gasteiger partial charge in [-0.15, -0.1) is 0 Å². The summed E-state index contributed by atoms with van der Waals surface area (Å²) in [4.78, 5) is 10.7. The van der Waals surface area contributed by atoms with E-state index in [1.807, 2.05) is 6.07 Å². The Bertz CT molecular complexity index is 354. The Labute approximate surface area is 88.7 Å². The van der Waals surface area contributed by atoms with Crippen molar-refractivity contribution in [2.75, 3.05) is 0 Å². The number of aromatic carboxylic acids is 1. The first-order chi connectivity index (χ1) is 7.25. The molecule has 80 valence electrons.